The molecule has 10 heteroatoms. The monoisotopic (exact) mass is 571 g/mol. The van der Waals surface area contributed by atoms with Gasteiger partial charge in [0.1, 0.15) is 18.3 Å². The van der Waals surface area contributed by atoms with Crippen molar-refractivity contribution >= 4 is 39.1 Å². The zero-order chi connectivity index (χ0) is 28.6. The molecular weight excluding hydrogens is 538 g/mol. The fourth-order valence-electron chi connectivity index (χ4n) is 4.14. The SMILES string of the molecule is CCNC(=O)C(CC)N(Cc1ccc(OC)cc1)C(=O)CN(c1ccccc1Cl)S(=O)(=O)c1ccc(C)cc1. The number of sulfonamides is 1. The van der Waals surface area contributed by atoms with E-state index in [0.29, 0.717) is 18.7 Å². The Labute approximate surface area is 235 Å². The highest BCUT2D eigenvalue weighted by atomic mass is 35.5. The van der Waals surface area contributed by atoms with Crippen LogP contribution in [0.5, 0.6) is 5.75 Å². The Morgan fingerprint density at radius 1 is 0.974 bits per heavy atom. The number of carbonyl (C=O) groups is 2. The van der Waals surface area contributed by atoms with E-state index >= 15 is 0 Å². The minimum absolute atomic E-state index is 0.0262. The Morgan fingerprint density at radius 3 is 2.18 bits per heavy atom. The Kier molecular flexibility index (Phi) is 10.4. The molecule has 39 heavy (non-hydrogen) atoms. The van der Waals surface area contributed by atoms with Gasteiger partial charge in [0, 0.05) is 13.1 Å². The number of para-hydroxylation sites is 1. The summed E-state index contributed by atoms with van der Waals surface area (Å²) in [7, 11) is -2.62. The lowest BCUT2D eigenvalue weighted by atomic mass is 10.1. The predicted molar refractivity (Wildman–Crippen MR) is 153 cm³/mol. The first-order valence-corrected chi connectivity index (χ1v) is 14.5. The molecule has 0 heterocycles. The number of rotatable bonds is 12. The van der Waals surface area contributed by atoms with Gasteiger partial charge in [-0.05, 0) is 62.2 Å². The second-order valence-electron chi connectivity index (χ2n) is 8.96. The topological polar surface area (TPSA) is 96.0 Å². The van der Waals surface area contributed by atoms with E-state index in [9.17, 15) is 18.0 Å². The highest BCUT2D eigenvalue weighted by Crippen LogP contribution is 2.31. The summed E-state index contributed by atoms with van der Waals surface area (Å²) in [6.07, 6.45) is 0.338. The predicted octanol–water partition coefficient (Wildman–Crippen LogP) is 4.80. The minimum Gasteiger partial charge on any atom is -0.497 e. The third kappa shape index (κ3) is 7.30. The van der Waals surface area contributed by atoms with Crippen molar-refractivity contribution in [2.24, 2.45) is 0 Å². The number of nitrogens with one attached hydrogen (secondary N) is 1. The molecule has 1 unspecified atom stereocenters. The van der Waals surface area contributed by atoms with Gasteiger partial charge < -0.3 is 15.0 Å². The Hall–Kier alpha value is -3.56. The molecule has 0 aliphatic carbocycles. The number of carbonyl (C=O) groups excluding carboxylic acids is 2. The maximum Gasteiger partial charge on any atom is 0.264 e. The number of methoxy groups -OCH3 is 1. The van der Waals surface area contributed by atoms with E-state index in [4.69, 9.17) is 16.3 Å². The summed E-state index contributed by atoms with van der Waals surface area (Å²) >= 11 is 6.43. The largest absolute Gasteiger partial charge is 0.497 e. The van der Waals surface area contributed by atoms with Crippen LogP contribution in [0.3, 0.4) is 0 Å². The first-order chi connectivity index (χ1) is 18.6. The lowest BCUT2D eigenvalue weighted by Crippen LogP contribution is -2.52. The van der Waals surface area contributed by atoms with Gasteiger partial charge >= 0.3 is 0 Å². The molecule has 0 aromatic heterocycles. The zero-order valence-electron chi connectivity index (χ0n) is 22.6. The molecule has 0 spiro atoms. The molecule has 0 saturated heterocycles. The average Bonchev–Trinajstić information content (AvgIpc) is 2.92. The van der Waals surface area contributed by atoms with Crippen LogP contribution < -0.4 is 14.4 Å². The van der Waals surface area contributed by atoms with Crippen LogP contribution in [-0.4, -0.2) is 51.4 Å². The molecule has 0 bridgehead atoms. The van der Waals surface area contributed by atoms with Crippen LogP contribution in [0.1, 0.15) is 31.4 Å². The fraction of sp³-hybridized carbons (Fsp3) is 0.310. The number of hydrogen-bond acceptors (Lipinski definition) is 5. The van der Waals surface area contributed by atoms with Gasteiger partial charge in [0.15, 0.2) is 0 Å². The zero-order valence-corrected chi connectivity index (χ0v) is 24.1. The molecule has 0 aliphatic heterocycles. The van der Waals surface area contributed by atoms with Gasteiger partial charge in [-0.1, -0.05) is 60.5 Å². The molecule has 1 atom stereocenters. The number of anilines is 1. The Balaban J connectivity index is 2.06. The van der Waals surface area contributed by atoms with Crippen LogP contribution in [-0.2, 0) is 26.2 Å². The van der Waals surface area contributed by atoms with E-state index in [1.54, 1.807) is 74.7 Å². The van der Waals surface area contributed by atoms with Crippen LogP contribution in [0.25, 0.3) is 0 Å². The van der Waals surface area contributed by atoms with E-state index in [-0.39, 0.29) is 28.1 Å². The van der Waals surface area contributed by atoms with Crippen LogP contribution in [0.4, 0.5) is 5.69 Å². The van der Waals surface area contributed by atoms with Crippen molar-refractivity contribution in [1.29, 1.82) is 0 Å². The van der Waals surface area contributed by atoms with Gasteiger partial charge in [0.25, 0.3) is 10.0 Å². The van der Waals surface area contributed by atoms with E-state index in [0.717, 1.165) is 15.4 Å². The quantitative estimate of drug-likeness (QED) is 0.337. The standard InChI is InChI=1S/C29H34ClN3O5S/c1-5-26(29(35)31-6-2)32(19-22-13-15-23(38-4)16-14-22)28(34)20-33(27-10-8-7-9-25(27)30)39(36,37)24-17-11-21(3)12-18-24/h7-18,26H,5-6,19-20H2,1-4H3,(H,31,35). The second-order valence-corrected chi connectivity index (χ2v) is 11.2. The van der Waals surface area contributed by atoms with E-state index in [2.05, 4.69) is 5.32 Å². The third-order valence-corrected chi connectivity index (χ3v) is 8.35. The van der Waals surface area contributed by atoms with Crippen molar-refractivity contribution in [2.75, 3.05) is 24.5 Å². The van der Waals surface area contributed by atoms with Crippen LogP contribution >= 0.6 is 11.6 Å². The maximum atomic E-state index is 14.0. The van der Waals surface area contributed by atoms with Gasteiger partial charge in [-0.25, -0.2) is 8.42 Å². The van der Waals surface area contributed by atoms with Crippen molar-refractivity contribution in [2.45, 2.75) is 44.7 Å². The minimum atomic E-state index is -4.18. The molecular formula is C29H34ClN3O5S. The molecule has 2 amide bonds. The summed E-state index contributed by atoms with van der Waals surface area (Å²) in [5.41, 5.74) is 1.83. The van der Waals surface area contributed by atoms with E-state index in [1.807, 2.05) is 13.8 Å². The number of aryl methyl sites for hydroxylation is 1. The third-order valence-electron chi connectivity index (χ3n) is 6.26. The molecule has 208 valence electrons. The van der Waals surface area contributed by atoms with Crippen LogP contribution in [0.15, 0.2) is 77.7 Å². The molecule has 0 fully saturated rings. The number of likely N-dealkylation sites (N-methyl/N-ethyl adjacent to an activating group) is 1. The number of halogens is 1. The summed E-state index contributed by atoms with van der Waals surface area (Å²) in [6.45, 7) is 5.41. The van der Waals surface area contributed by atoms with Gasteiger partial charge in [-0.15, -0.1) is 0 Å². The van der Waals surface area contributed by atoms with E-state index in [1.165, 1.54) is 17.0 Å². The summed E-state index contributed by atoms with van der Waals surface area (Å²) in [6, 6.07) is 19.2. The molecule has 3 aromatic carbocycles. The van der Waals surface area contributed by atoms with Gasteiger partial charge in [0.2, 0.25) is 11.8 Å². The Bertz CT molecular complexity index is 1380. The summed E-state index contributed by atoms with van der Waals surface area (Å²) in [4.78, 5) is 28.4. The van der Waals surface area contributed by atoms with Gasteiger partial charge in [-0.3, -0.25) is 13.9 Å². The van der Waals surface area contributed by atoms with Gasteiger partial charge in [0.05, 0.1) is 22.7 Å². The first-order valence-electron chi connectivity index (χ1n) is 12.7. The highest BCUT2D eigenvalue weighted by Gasteiger charge is 2.34. The molecule has 0 aliphatic rings. The van der Waals surface area contributed by atoms with Crippen molar-refractivity contribution in [3.8, 4) is 5.75 Å². The van der Waals surface area contributed by atoms with Crippen molar-refractivity contribution in [3.63, 3.8) is 0 Å². The molecule has 3 aromatic rings. The van der Waals surface area contributed by atoms with Crippen molar-refractivity contribution in [3.05, 3.63) is 88.9 Å². The second kappa shape index (κ2) is 13.5. The normalized spacial score (nSPS) is 11.9. The Morgan fingerprint density at radius 2 is 1.62 bits per heavy atom. The smallest absolute Gasteiger partial charge is 0.264 e. The molecule has 8 nitrogen and oxygen atoms in total. The van der Waals surface area contributed by atoms with Crippen molar-refractivity contribution < 1.29 is 22.7 Å². The summed E-state index contributed by atoms with van der Waals surface area (Å²) in [5, 5.41) is 2.96. The maximum absolute atomic E-state index is 14.0. The van der Waals surface area contributed by atoms with Crippen molar-refractivity contribution in [1.82, 2.24) is 10.2 Å². The molecule has 0 saturated carbocycles. The first kappa shape index (κ1) is 30.0. The van der Waals surface area contributed by atoms with Crippen LogP contribution in [0, 0.1) is 6.92 Å². The number of amides is 2. The number of benzene rings is 3. The number of ether oxygens (including phenoxy) is 1. The lowest BCUT2D eigenvalue weighted by Gasteiger charge is -2.33. The van der Waals surface area contributed by atoms with Crippen LogP contribution in [0.2, 0.25) is 5.02 Å². The van der Waals surface area contributed by atoms with Gasteiger partial charge in [-0.2, -0.15) is 0 Å². The summed E-state index contributed by atoms with van der Waals surface area (Å²) < 4.78 is 34.0. The summed E-state index contributed by atoms with van der Waals surface area (Å²) in [5.74, 6) is -0.200. The highest BCUT2D eigenvalue weighted by molar-refractivity contribution is 7.92. The van der Waals surface area contributed by atoms with E-state index < -0.39 is 28.5 Å². The molecule has 1 N–H and O–H groups in total. The molecule has 3 rings (SSSR count). The number of nitrogens with zero attached hydrogens (tertiary/aromatic N) is 2. The fourth-order valence-corrected chi connectivity index (χ4v) is 5.86. The lowest BCUT2D eigenvalue weighted by molar-refractivity contribution is -0.140. The number of hydrogen-bond donors (Lipinski definition) is 1. The average molecular weight is 572 g/mol. The molecule has 0 radical (unpaired) electrons.